The highest BCUT2D eigenvalue weighted by molar-refractivity contribution is 7.09. The Labute approximate surface area is 128 Å². The van der Waals surface area contributed by atoms with Gasteiger partial charge in [-0.3, -0.25) is 0 Å². The molecule has 5 nitrogen and oxygen atoms in total. The number of ether oxygens (including phenoxy) is 1. The summed E-state index contributed by atoms with van der Waals surface area (Å²) in [5.74, 6) is -0.128. The highest BCUT2D eigenvalue weighted by Gasteiger charge is 2.14. The molecule has 0 aliphatic rings. The Bertz CT molecular complexity index is 626. The van der Waals surface area contributed by atoms with Gasteiger partial charge in [0.1, 0.15) is 0 Å². The first-order chi connectivity index (χ1) is 10.0. The van der Waals surface area contributed by atoms with E-state index < -0.39 is 5.97 Å². The zero-order valence-corrected chi connectivity index (χ0v) is 13.2. The van der Waals surface area contributed by atoms with Crippen LogP contribution in [0.4, 0.5) is 11.4 Å². The van der Waals surface area contributed by atoms with Gasteiger partial charge in [-0.25, -0.2) is 9.78 Å². The molecule has 2 rings (SSSR count). The Balaban J connectivity index is 2.13. The predicted octanol–water partition coefficient (Wildman–Crippen LogP) is 3.04. The van der Waals surface area contributed by atoms with Crippen LogP contribution in [0.5, 0.6) is 0 Å². The van der Waals surface area contributed by atoms with Crippen molar-refractivity contribution in [3.8, 4) is 0 Å². The van der Waals surface area contributed by atoms with Gasteiger partial charge in [0, 0.05) is 35.4 Å². The number of nitrogens with one attached hydrogen (secondary N) is 1. The van der Waals surface area contributed by atoms with Crippen molar-refractivity contribution in [3.63, 3.8) is 0 Å². The molecule has 3 N–H and O–H groups in total. The van der Waals surface area contributed by atoms with Crippen LogP contribution >= 0.6 is 11.3 Å². The summed E-state index contributed by atoms with van der Waals surface area (Å²) in [6.45, 7) is 4.71. The lowest BCUT2D eigenvalue weighted by molar-refractivity contribution is 0.0602. The van der Waals surface area contributed by atoms with E-state index in [4.69, 9.17) is 10.5 Å². The van der Waals surface area contributed by atoms with Gasteiger partial charge in [0.25, 0.3) is 0 Å². The molecule has 0 bridgehead atoms. The van der Waals surface area contributed by atoms with E-state index in [1.54, 1.807) is 23.6 Å². The van der Waals surface area contributed by atoms with Crippen LogP contribution < -0.4 is 11.1 Å². The number of aryl methyl sites for hydroxylation is 1. The van der Waals surface area contributed by atoms with Gasteiger partial charge in [0.15, 0.2) is 0 Å². The molecule has 1 aromatic heterocycles. The second kappa shape index (κ2) is 6.58. The second-order valence-corrected chi connectivity index (χ2v) is 5.82. The molecular weight excluding hydrogens is 286 g/mol. The SMILES string of the molecule is COC(=O)c1cc(NCC(C)c2nccs2)cc(C)c1N. The summed E-state index contributed by atoms with van der Waals surface area (Å²) in [7, 11) is 1.35. The number of esters is 1. The topological polar surface area (TPSA) is 77.2 Å². The lowest BCUT2D eigenvalue weighted by Gasteiger charge is -2.14. The van der Waals surface area contributed by atoms with Crippen molar-refractivity contribution < 1.29 is 9.53 Å². The van der Waals surface area contributed by atoms with Crippen molar-refractivity contribution in [2.45, 2.75) is 19.8 Å². The number of hydrogen-bond donors (Lipinski definition) is 2. The molecule has 1 aromatic carbocycles. The molecule has 0 saturated carbocycles. The molecule has 0 amide bonds. The summed E-state index contributed by atoms with van der Waals surface area (Å²) in [5.41, 5.74) is 8.48. The van der Waals surface area contributed by atoms with Gasteiger partial charge in [-0.2, -0.15) is 0 Å². The summed E-state index contributed by atoms with van der Waals surface area (Å²) in [6, 6.07) is 3.65. The standard InChI is InChI=1S/C15H19N3O2S/c1-9-6-11(7-12(13(9)16)15(19)20-3)18-8-10(2)14-17-4-5-21-14/h4-7,10,18H,8,16H2,1-3H3. The minimum absolute atomic E-state index is 0.296. The second-order valence-electron chi connectivity index (χ2n) is 4.90. The number of hydrogen-bond acceptors (Lipinski definition) is 6. The fraction of sp³-hybridized carbons (Fsp3) is 0.333. The number of benzene rings is 1. The maximum absolute atomic E-state index is 11.7. The van der Waals surface area contributed by atoms with Gasteiger partial charge in [-0.15, -0.1) is 11.3 Å². The van der Waals surface area contributed by atoms with Crippen LogP contribution in [-0.2, 0) is 4.74 Å². The number of nitrogen functional groups attached to an aromatic ring is 1. The summed E-state index contributed by atoms with van der Waals surface area (Å²) >= 11 is 1.64. The average Bonchev–Trinajstić information content (AvgIpc) is 3.01. The minimum Gasteiger partial charge on any atom is -0.465 e. The lowest BCUT2D eigenvalue weighted by Crippen LogP contribution is -2.12. The smallest absolute Gasteiger partial charge is 0.340 e. The van der Waals surface area contributed by atoms with Crippen LogP contribution in [0.2, 0.25) is 0 Å². The first-order valence-corrected chi connectivity index (χ1v) is 7.52. The first kappa shape index (κ1) is 15.3. The molecule has 6 heteroatoms. The van der Waals surface area contributed by atoms with Crippen molar-refractivity contribution in [1.82, 2.24) is 4.98 Å². The summed E-state index contributed by atoms with van der Waals surface area (Å²) in [5, 5.41) is 6.38. The lowest BCUT2D eigenvalue weighted by atomic mass is 10.1. The van der Waals surface area contributed by atoms with Gasteiger partial charge >= 0.3 is 5.97 Å². The van der Waals surface area contributed by atoms with E-state index in [1.807, 2.05) is 18.4 Å². The highest BCUT2D eigenvalue weighted by Crippen LogP contribution is 2.25. The molecule has 21 heavy (non-hydrogen) atoms. The summed E-state index contributed by atoms with van der Waals surface area (Å²) in [4.78, 5) is 16.0. The average molecular weight is 305 g/mol. The summed E-state index contributed by atoms with van der Waals surface area (Å²) < 4.78 is 4.76. The van der Waals surface area contributed by atoms with Crippen molar-refractivity contribution in [2.24, 2.45) is 0 Å². The molecule has 0 aliphatic heterocycles. The number of rotatable bonds is 5. The molecule has 0 radical (unpaired) electrons. The zero-order chi connectivity index (χ0) is 15.4. The van der Waals surface area contributed by atoms with E-state index in [2.05, 4.69) is 17.2 Å². The maximum Gasteiger partial charge on any atom is 0.340 e. The minimum atomic E-state index is -0.424. The van der Waals surface area contributed by atoms with Gasteiger partial charge in [0.2, 0.25) is 0 Å². The number of thiazole rings is 1. The molecule has 1 unspecified atom stereocenters. The summed E-state index contributed by atoms with van der Waals surface area (Å²) in [6.07, 6.45) is 1.80. The fourth-order valence-electron chi connectivity index (χ4n) is 2.02. The monoisotopic (exact) mass is 305 g/mol. The van der Waals surface area contributed by atoms with Crippen LogP contribution in [0.3, 0.4) is 0 Å². The van der Waals surface area contributed by atoms with E-state index in [1.165, 1.54) is 7.11 Å². The maximum atomic E-state index is 11.7. The number of carbonyl (C=O) groups is 1. The highest BCUT2D eigenvalue weighted by atomic mass is 32.1. The molecule has 0 spiro atoms. The number of nitrogens with two attached hydrogens (primary N) is 1. The predicted molar refractivity (Wildman–Crippen MR) is 85.9 cm³/mol. The van der Waals surface area contributed by atoms with Crippen LogP contribution in [0.1, 0.15) is 33.8 Å². The molecule has 1 heterocycles. The van der Waals surface area contributed by atoms with Gasteiger partial charge in [-0.05, 0) is 24.6 Å². The third-order valence-corrected chi connectivity index (χ3v) is 4.28. The third-order valence-electron chi connectivity index (χ3n) is 3.28. The number of anilines is 2. The fourth-order valence-corrected chi connectivity index (χ4v) is 2.71. The van der Waals surface area contributed by atoms with Crippen molar-refractivity contribution in [1.29, 1.82) is 0 Å². The molecular formula is C15H19N3O2S. The molecule has 2 aromatic rings. The Morgan fingerprint density at radius 1 is 1.52 bits per heavy atom. The van der Waals surface area contributed by atoms with E-state index in [-0.39, 0.29) is 0 Å². The Morgan fingerprint density at radius 2 is 2.29 bits per heavy atom. The van der Waals surface area contributed by atoms with Crippen molar-refractivity contribution in [3.05, 3.63) is 39.8 Å². The first-order valence-electron chi connectivity index (χ1n) is 6.64. The molecule has 1 atom stereocenters. The number of aromatic nitrogens is 1. The van der Waals surface area contributed by atoms with E-state index >= 15 is 0 Å². The van der Waals surface area contributed by atoms with Crippen LogP contribution in [-0.4, -0.2) is 24.6 Å². The number of nitrogens with zero attached hydrogens (tertiary/aromatic N) is 1. The van der Waals surface area contributed by atoms with E-state index in [0.29, 0.717) is 17.2 Å². The third kappa shape index (κ3) is 3.52. The zero-order valence-electron chi connectivity index (χ0n) is 12.3. The van der Waals surface area contributed by atoms with Crippen LogP contribution in [0.15, 0.2) is 23.7 Å². The molecule has 112 valence electrons. The van der Waals surface area contributed by atoms with Crippen LogP contribution in [0.25, 0.3) is 0 Å². The Hall–Kier alpha value is -2.08. The van der Waals surface area contributed by atoms with E-state index in [0.717, 1.165) is 22.8 Å². The van der Waals surface area contributed by atoms with Gasteiger partial charge < -0.3 is 15.8 Å². The van der Waals surface area contributed by atoms with Gasteiger partial charge in [-0.1, -0.05) is 6.92 Å². The van der Waals surface area contributed by atoms with Gasteiger partial charge in [0.05, 0.1) is 17.7 Å². The Kier molecular flexibility index (Phi) is 4.80. The quantitative estimate of drug-likeness (QED) is 0.656. The largest absolute Gasteiger partial charge is 0.465 e. The van der Waals surface area contributed by atoms with Crippen molar-refractivity contribution in [2.75, 3.05) is 24.7 Å². The molecule has 0 aliphatic carbocycles. The Morgan fingerprint density at radius 3 is 2.90 bits per heavy atom. The number of methoxy groups -OCH3 is 1. The molecule has 0 fully saturated rings. The van der Waals surface area contributed by atoms with Crippen molar-refractivity contribution >= 4 is 28.7 Å². The molecule has 0 saturated heterocycles. The number of carbonyl (C=O) groups excluding carboxylic acids is 1. The van der Waals surface area contributed by atoms with Crippen LogP contribution in [0, 0.1) is 6.92 Å². The van der Waals surface area contributed by atoms with E-state index in [9.17, 15) is 4.79 Å². The normalized spacial score (nSPS) is 12.0.